The van der Waals surface area contributed by atoms with Crippen LogP contribution in [-0.2, 0) is 9.59 Å². The first-order valence-corrected chi connectivity index (χ1v) is 6.50. The highest BCUT2D eigenvalue weighted by molar-refractivity contribution is 6.35. The number of carbonyl (C=O) groups excluding carboxylic acids is 2. The zero-order chi connectivity index (χ0) is 14.3. The third-order valence-electron chi connectivity index (χ3n) is 2.26. The minimum absolute atomic E-state index is 0.119. The highest BCUT2D eigenvalue weighted by Crippen LogP contribution is 2.25. The van der Waals surface area contributed by atoms with Crippen LogP contribution in [0.4, 0.5) is 5.69 Å². The van der Waals surface area contributed by atoms with E-state index in [-0.39, 0.29) is 18.4 Å². The van der Waals surface area contributed by atoms with Crippen molar-refractivity contribution in [1.29, 1.82) is 0 Å². The molecule has 0 heterocycles. The monoisotopic (exact) mass is 303 g/mol. The quantitative estimate of drug-likeness (QED) is 0.749. The van der Waals surface area contributed by atoms with E-state index in [9.17, 15) is 9.59 Å². The molecule has 1 rings (SSSR count). The Balaban J connectivity index is 2.43. The van der Waals surface area contributed by atoms with Gasteiger partial charge in [0.15, 0.2) is 0 Å². The number of nitrogens with two attached hydrogens (primary N) is 1. The first kappa shape index (κ1) is 15.8. The molecule has 0 saturated heterocycles. The van der Waals surface area contributed by atoms with Crippen LogP contribution in [0.2, 0.25) is 10.0 Å². The summed E-state index contributed by atoms with van der Waals surface area (Å²) in [7, 11) is 0. The maximum atomic E-state index is 11.6. The van der Waals surface area contributed by atoms with Crippen molar-refractivity contribution in [2.45, 2.75) is 12.8 Å². The van der Waals surface area contributed by atoms with Crippen molar-refractivity contribution in [2.24, 2.45) is 5.73 Å². The molecule has 0 aliphatic rings. The highest BCUT2D eigenvalue weighted by Gasteiger charge is 2.08. The van der Waals surface area contributed by atoms with Crippen LogP contribution in [0.25, 0.3) is 0 Å². The van der Waals surface area contributed by atoms with Gasteiger partial charge in [-0.15, -0.1) is 0 Å². The maximum Gasteiger partial charge on any atom is 0.243 e. The number of halogens is 2. The Hall–Kier alpha value is -1.30. The van der Waals surface area contributed by atoms with Crippen molar-refractivity contribution in [3.05, 3.63) is 28.2 Å². The Morgan fingerprint density at radius 1 is 1.21 bits per heavy atom. The molecule has 0 aliphatic heterocycles. The lowest BCUT2D eigenvalue weighted by Crippen LogP contribution is -2.33. The van der Waals surface area contributed by atoms with Gasteiger partial charge in [0, 0.05) is 11.4 Å². The van der Waals surface area contributed by atoms with Gasteiger partial charge in [0.1, 0.15) is 0 Å². The molecule has 1 aromatic rings. The molecule has 0 atom stereocenters. The fraction of sp³-hybridized carbons (Fsp3) is 0.333. The summed E-state index contributed by atoms with van der Waals surface area (Å²) in [5.74, 6) is -0.581. The predicted octanol–water partition coefficient (Wildman–Crippen LogP) is 1.79. The van der Waals surface area contributed by atoms with Crippen molar-refractivity contribution in [2.75, 3.05) is 18.4 Å². The molecule has 7 heteroatoms. The molecular weight excluding hydrogens is 289 g/mol. The van der Waals surface area contributed by atoms with Gasteiger partial charge in [-0.3, -0.25) is 9.59 Å². The van der Waals surface area contributed by atoms with Gasteiger partial charge in [-0.25, -0.2) is 0 Å². The third kappa shape index (κ3) is 5.92. The van der Waals surface area contributed by atoms with Crippen LogP contribution in [0.1, 0.15) is 12.8 Å². The normalized spacial score (nSPS) is 10.1. The van der Waals surface area contributed by atoms with Crippen LogP contribution in [0.3, 0.4) is 0 Å². The van der Waals surface area contributed by atoms with Gasteiger partial charge in [0.25, 0.3) is 0 Å². The fourth-order valence-corrected chi connectivity index (χ4v) is 1.65. The minimum Gasteiger partial charge on any atom is -0.347 e. The lowest BCUT2D eigenvalue weighted by Gasteiger charge is -2.08. The molecule has 4 N–H and O–H groups in total. The lowest BCUT2D eigenvalue weighted by atomic mass is 10.3. The summed E-state index contributed by atoms with van der Waals surface area (Å²) in [5, 5.41) is 5.90. The minimum atomic E-state index is -0.370. The van der Waals surface area contributed by atoms with Crippen LogP contribution in [0.5, 0.6) is 0 Å². The summed E-state index contributed by atoms with van der Waals surface area (Å²) in [6.07, 6.45) is 0.898. The smallest absolute Gasteiger partial charge is 0.243 e. The first-order chi connectivity index (χ1) is 9.02. The highest BCUT2D eigenvalue weighted by atomic mass is 35.5. The standard InChI is InChI=1S/C12H15Cl2N3O2/c13-8-3-4-9(14)10(6-8)17-12(19)7-16-11(18)2-1-5-15/h3-4,6H,1-2,5,7,15H2,(H,16,18)(H,17,19). The molecule has 19 heavy (non-hydrogen) atoms. The van der Waals surface area contributed by atoms with Crippen LogP contribution in [-0.4, -0.2) is 24.9 Å². The SMILES string of the molecule is NCCCC(=O)NCC(=O)Nc1cc(Cl)ccc1Cl. The van der Waals surface area contributed by atoms with E-state index in [1.807, 2.05) is 0 Å². The second-order valence-corrected chi connectivity index (χ2v) is 4.68. The van der Waals surface area contributed by atoms with E-state index in [0.717, 1.165) is 0 Å². The number of carbonyl (C=O) groups is 2. The van der Waals surface area contributed by atoms with Crippen molar-refractivity contribution in [3.8, 4) is 0 Å². The summed E-state index contributed by atoms with van der Waals surface area (Å²) < 4.78 is 0. The number of hydrogen-bond donors (Lipinski definition) is 3. The summed E-state index contributed by atoms with van der Waals surface area (Å²) in [6, 6.07) is 4.74. The second kappa shape index (κ2) is 7.99. The van der Waals surface area contributed by atoms with Crippen LogP contribution >= 0.6 is 23.2 Å². The third-order valence-corrected chi connectivity index (χ3v) is 2.82. The molecule has 0 unspecified atom stereocenters. The molecule has 0 radical (unpaired) electrons. The summed E-state index contributed by atoms with van der Waals surface area (Å²) in [5.41, 5.74) is 5.69. The molecule has 104 valence electrons. The van der Waals surface area contributed by atoms with E-state index in [4.69, 9.17) is 28.9 Å². The van der Waals surface area contributed by atoms with E-state index in [1.54, 1.807) is 12.1 Å². The molecule has 0 aromatic heterocycles. The van der Waals surface area contributed by atoms with E-state index in [2.05, 4.69) is 10.6 Å². The molecule has 0 spiro atoms. The van der Waals surface area contributed by atoms with E-state index >= 15 is 0 Å². The van der Waals surface area contributed by atoms with Crippen LogP contribution in [0.15, 0.2) is 18.2 Å². The fourth-order valence-electron chi connectivity index (χ4n) is 1.32. The molecule has 0 fully saturated rings. The molecule has 5 nitrogen and oxygen atoms in total. The van der Waals surface area contributed by atoms with Gasteiger partial charge >= 0.3 is 0 Å². The number of hydrogen-bond acceptors (Lipinski definition) is 3. The maximum absolute atomic E-state index is 11.6. The van der Waals surface area contributed by atoms with Gasteiger partial charge < -0.3 is 16.4 Å². The van der Waals surface area contributed by atoms with Crippen molar-refractivity contribution < 1.29 is 9.59 Å². The number of rotatable bonds is 6. The largest absolute Gasteiger partial charge is 0.347 e. The molecule has 0 bridgehead atoms. The number of anilines is 1. The molecule has 0 saturated carbocycles. The summed E-state index contributed by atoms with van der Waals surface area (Å²) in [4.78, 5) is 22.9. The zero-order valence-corrected chi connectivity index (χ0v) is 11.7. The van der Waals surface area contributed by atoms with Crippen LogP contribution < -0.4 is 16.4 Å². The molecule has 1 aromatic carbocycles. The van der Waals surface area contributed by atoms with Gasteiger partial charge in [-0.05, 0) is 31.2 Å². The Bertz CT molecular complexity index is 466. The Morgan fingerprint density at radius 2 is 1.95 bits per heavy atom. The van der Waals surface area contributed by atoms with E-state index in [1.165, 1.54) is 6.07 Å². The van der Waals surface area contributed by atoms with Gasteiger partial charge in [0.05, 0.1) is 17.3 Å². The number of nitrogens with one attached hydrogen (secondary N) is 2. The van der Waals surface area contributed by atoms with Crippen molar-refractivity contribution in [3.63, 3.8) is 0 Å². The molecular formula is C12H15Cl2N3O2. The number of amides is 2. The molecule has 2 amide bonds. The van der Waals surface area contributed by atoms with Crippen molar-refractivity contribution in [1.82, 2.24) is 5.32 Å². The van der Waals surface area contributed by atoms with Crippen LogP contribution in [0, 0.1) is 0 Å². The average molecular weight is 304 g/mol. The summed E-state index contributed by atoms with van der Waals surface area (Å²) in [6.45, 7) is 0.323. The second-order valence-electron chi connectivity index (χ2n) is 3.84. The van der Waals surface area contributed by atoms with E-state index in [0.29, 0.717) is 35.1 Å². The van der Waals surface area contributed by atoms with Gasteiger partial charge in [-0.2, -0.15) is 0 Å². The zero-order valence-electron chi connectivity index (χ0n) is 10.2. The first-order valence-electron chi connectivity index (χ1n) is 5.74. The summed E-state index contributed by atoms with van der Waals surface area (Å²) >= 11 is 11.7. The van der Waals surface area contributed by atoms with E-state index < -0.39 is 0 Å². The Morgan fingerprint density at radius 3 is 2.63 bits per heavy atom. The Labute approximate surface area is 121 Å². The Kier molecular flexibility index (Phi) is 6.62. The lowest BCUT2D eigenvalue weighted by molar-refractivity contribution is -0.124. The van der Waals surface area contributed by atoms with Gasteiger partial charge in [0.2, 0.25) is 11.8 Å². The number of benzene rings is 1. The van der Waals surface area contributed by atoms with Crippen molar-refractivity contribution >= 4 is 40.7 Å². The topological polar surface area (TPSA) is 84.2 Å². The predicted molar refractivity (Wildman–Crippen MR) is 76.4 cm³/mol. The molecule has 0 aliphatic carbocycles. The average Bonchev–Trinajstić information content (AvgIpc) is 2.38. The van der Waals surface area contributed by atoms with Gasteiger partial charge in [-0.1, -0.05) is 23.2 Å².